The lowest BCUT2D eigenvalue weighted by Crippen LogP contribution is -2.05. The molecule has 0 unspecified atom stereocenters. The Hall–Kier alpha value is -1.87. The quantitative estimate of drug-likeness (QED) is 0.650. The molecule has 3 aromatic rings. The van der Waals surface area contributed by atoms with Crippen molar-refractivity contribution < 1.29 is 4.39 Å². The predicted molar refractivity (Wildman–Crippen MR) is 84.1 cm³/mol. The Balaban J connectivity index is 1.92. The molecule has 0 saturated carbocycles. The Kier molecular flexibility index (Phi) is 3.93. The summed E-state index contributed by atoms with van der Waals surface area (Å²) in [7, 11) is 0. The zero-order chi connectivity index (χ0) is 14.8. The van der Waals surface area contributed by atoms with Crippen molar-refractivity contribution in [1.29, 1.82) is 0 Å². The molecule has 0 bridgehead atoms. The molecule has 0 saturated heterocycles. The molecule has 3 rings (SSSR count). The number of hydrogen-bond donors (Lipinski definition) is 0. The van der Waals surface area contributed by atoms with E-state index in [1.54, 1.807) is 12.1 Å². The van der Waals surface area contributed by atoms with Crippen LogP contribution < -0.4 is 0 Å². The van der Waals surface area contributed by atoms with Crippen LogP contribution in [0.1, 0.15) is 17.0 Å². The van der Waals surface area contributed by atoms with Crippen molar-refractivity contribution in [3.63, 3.8) is 0 Å². The van der Waals surface area contributed by atoms with Gasteiger partial charge in [-0.25, -0.2) is 9.37 Å². The third kappa shape index (κ3) is 2.93. The van der Waals surface area contributed by atoms with Crippen molar-refractivity contribution in [2.75, 3.05) is 0 Å². The number of nitrogens with zero attached hydrogens (tertiary/aromatic N) is 2. The third-order valence-corrected chi connectivity index (χ3v) is 3.85. The van der Waals surface area contributed by atoms with Crippen LogP contribution in [0.3, 0.4) is 0 Å². The van der Waals surface area contributed by atoms with Gasteiger partial charge in [-0.15, -0.1) is 11.6 Å². The van der Waals surface area contributed by atoms with Crippen LogP contribution in [0.4, 0.5) is 4.39 Å². The maximum Gasteiger partial charge on any atom is 0.124 e. The second-order valence-corrected chi connectivity index (χ2v) is 5.45. The van der Waals surface area contributed by atoms with Gasteiger partial charge in [-0.1, -0.05) is 18.2 Å². The van der Waals surface area contributed by atoms with Crippen LogP contribution in [0.5, 0.6) is 0 Å². The van der Waals surface area contributed by atoms with Crippen molar-refractivity contribution in [2.45, 2.75) is 25.8 Å². The van der Waals surface area contributed by atoms with Gasteiger partial charge in [0.25, 0.3) is 0 Å². The van der Waals surface area contributed by atoms with Crippen molar-refractivity contribution in [3.8, 4) is 0 Å². The standard InChI is InChI=1S/C17H16ClFN2/c1-12-5-6-16-15(9-12)20-17(11-18)21(16)8-7-13-3-2-4-14(19)10-13/h2-6,9-10H,7-8,11H2,1H3. The minimum absolute atomic E-state index is 0.198. The summed E-state index contributed by atoms with van der Waals surface area (Å²) in [5.41, 5.74) is 4.19. The second kappa shape index (κ2) is 5.86. The van der Waals surface area contributed by atoms with Crippen molar-refractivity contribution in [1.82, 2.24) is 9.55 Å². The van der Waals surface area contributed by atoms with E-state index in [0.717, 1.165) is 35.4 Å². The molecule has 21 heavy (non-hydrogen) atoms. The highest BCUT2D eigenvalue weighted by Crippen LogP contribution is 2.20. The molecule has 1 aromatic heterocycles. The van der Waals surface area contributed by atoms with Crippen molar-refractivity contribution in [2.24, 2.45) is 0 Å². The van der Waals surface area contributed by atoms with E-state index >= 15 is 0 Å². The Labute approximate surface area is 128 Å². The normalized spacial score (nSPS) is 11.2. The van der Waals surface area contributed by atoms with E-state index < -0.39 is 0 Å². The Morgan fingerprint density at radius 3 is 2.81 bits per heavy atom. The number of benzene rings is 2. The summed E-state index contributed by atoms with van der Waals surface area (Å²) in [4.78, 5) is 4.58. The average Bonchev–Trinajstić information content (AvgIpc) is 2.82. The molecular weight excluding hydrogens is 287 g/mol. The van der Waals surface area contributed by atoms with E-state index in [1.165, 1.54) is 11.6 Å². The van der Waals surface area contributed by atoms with E-state index in [9.17, 15) is 4.39 Å². The molecule has 108 valence electrons. The molecule has 0 N–H and O–H groups in total. The number of fused-ring (bicyclic) bond motifs is 1. The molecule has 0 spiro atoms. The first-order valence-electron chi connectivity index (χ1n) is 6.93. The molecule has 0 atom stereocenters. The van der Waals surface area contributed by atoms with Crippen LogP contribution in [0.25, 0.3) is 11.0 Å². The van der Waals surface area contributed by atoms with Gasteiger partial charge in [0.2, 0.25) is 0 Å². The Bertz CT molecular complexity index is 780. The van der Waals surface area contributed by atoms with Gasteiger partial charge in [0.1, 0.15) is 11.6 Å². The molecule has 4 heteroatoms. The minimum atomic E-state index is -0.198. The van der Waals surface area contributed by atoms with Gasteiger partial charge in [0.15, 0.2) is 0 Å². The van der Waals surface area contributed by atoms with Crippen LogP contribution in [0, 0.1) is 12.7 Å². The van der Waals surface area contributed by atoms with E-state index in [1.807, 2.05) is 13.0 Å². The largest absolute Gasteiger partial charge is 0.327 e. The summed E-state index contributed by atoms with van der Waals surface area (Å²) in [6.45, 7) is 2.79. The van der Waals surface area contributed by atoms with Crippen LogP contribution in [0.2, 0.25) is 0 Å². The highest BCUT2D eigenvalue weighted by Gasteiger charge is 2.10. The maximum atomic E-state index is 13.2. The fourth-order valence-electron chi connectivity index (χ4n) is 2.57. The lowest BCUT2D eigenvalue weighted by atomic mass is 10.1. The van der Waals surface area contributed by atoms with Gasteiger partial charge in [-0.05, 0) is 48.7 Å². The monoisotopic (exact) mass is 302 g/mol. The van der Waals surface area contributed by atoms with Crippen LogP contribution >= 0.6 is 11.6 Å². The van der Waals surface area contributed by atoms with Gasteiger partial charge in [0, 0.05) is 6.54 Å². The Morgan fingerprint density at radius 2 is 2.05 bits per heavy atom. The molecule has 2 nitrogen and oxygen atoms in total. The number of aromatic nitrogens is 2. The fourth-order valence-corrected chi connectivity index (χ4v) is 2.78. The molecule has 0 amide bonds. The van der Waals surface area contributed by atoms with Crippen molar-refractivity contribution in [3.05, 3.63) is 65.2 Å². The lowest BCUT2D eigenvalue weighted by molar-refractivity contribution is 0.621. The first-order chi connectivity index (χ1) is 10.2. The first-order valence-corrected chi connectivity index (χ1v) is 7.47. The molecular formula is C17H16ClFN2. The lowest BCUT2D eigenvalue weighted by Gasteiger charge is -2.08. The second-order valence-electron chi connectivity index (χ2n) is 5.19. The van der Waals surface area contributed by atoms with Gasteiger partial charge in [0.05, 0.1) is 16.9 Å². The predicted octanol–water partition coefficient (Wildman–Crippen LogP) is 4.47. The highest BCUT2D eigenvalue weighted by atomic mass is 35.5. The maximum absolute atomic E-state index is 13.2. The summed E-state index contributed by atoms with van der Waals surface area (Å²) in [6, 6.07) is 12.9. The molecule has 0 aliphatic carbocycles. The fraction of sp³-hybridized carbons (Fsp3) is 0.235. The molecule has 0 aliphatic rings. The van der Waals surface area contributed by atoms with E-state index in [4.69, 9.17) is 11.6 Å². The number of aryl methyl sites for hydroxylation is 3. The molecule has 2 aromatic carbocycles. The number of halogens is 2. The van der Waals surface area contributed by atoms with E-state index in [2.05, 4.69) is 27.8 Å². The summed E-state index contributed by atoms with van der Waals surface area (Å²) < 4.78 is 15.4. The average molecular weight is 303 g/mol. The molecule has 0 radical (unpaired) electrons. The van der Waals surface area contributed by atoms with Gasteiger partial charge in [-0.3, -0.25) is 0 Å². The number of alkyl halides is 1. The SMILES string of the molecule is Cc1ccc2c(c1)nc(CCl)n2CCc1cccc(F)c1. The summed E-state index contributed by atoms with van der Waals surface area (Å²) in [5.74, 6) is 1.03. The topological polar surface area (TPSA) is 17.8 Å². The zero-order valence-corrected chi connectivity index (χ0v) is 12.6. The van der Waals surface area contributed by atoms with Gasteiger partial charge < -0.3 is 4.57 Å². The van der Waals surface area contributed by atoms with E-state index in [-0.39, 0.29) is 5.82 Å². The van der Waals surface area contributed by atoms with Crippen LogP contribution in [-0.2, 0) is 18.8 Å². The van der Waals surface area contributed by atoms with Gasteiger partial charge in [-0.2, -0.15) is 0 Å². The first kappa shape index (κ1) is 14.1. The zero-order valence-electron chi connectivity index (χ0n) is 11.8. The molecule has 1 heterocycles. The highest BCUT2D eigenvalue weighted by molar-refractivity contribution is 6.16. The molecule has 0 aliphatic heterocycles. The summed E-state index contributed by atoms with van der Waals surface area (Å²) in [6.07, 6.45) is 0.751. The van der Waals surface area contributed by atoms with E-state index in [0.29, 0.717) is 5.88 Å². The number of hydrogen-bond acceptors (Lipinski definition) is 1. The molecule has 0 fully saturated rings. The summed E-state index contributed by atoms with van der Waals surface area (Å²) in [5, 5.41) is 0. The summed E-state index contributed by atoms with van der Waals surface area (Å²) >= 11 is 6.01. The third-order valence-electron chi connectivity index (χ3n) is 3.62. The minimum Gasteiger partial charge on any atom is -0.327 e. The van der Waals surface area contributed by atoms with Crippen molar-refractivity contribution >= 4 is 22.6 Å². The van der Waals surface area contributed by atoms with Crippen LogP contribution in [-0.4, -0.2) is 9.55 Å². The van der Waals surface area contributed by atoms with Gasteiger partial charge >= 0.3 is 0 Å². The number of imidazole rings is 1. The Morgan fingerprint density at radius 1 is 1.19 bits per heavy atom. The number of rotatable bonds is 4. The smallest absolute Gasteiger partial charge is 0.124 e. The van der Waals surface area contributed by atoms with Crippen LogP contribution in [0.15, 0.2) is 42.5 Å².